The Bertz CT molecular complexity index is 581. The number of hydrogen-bond acceptors (Lipinski definition) is 6. The molecule has 0 aromatic rings. The van der Waals surface area contributed by atoms with Crippen molar-refractivity contribution in [3.63, 3.8) is 0 Å². The van der Waals surface area contributed by atoms with Crippen LogP contribution in [0, 0.1) is 0 Å². The molecule has 0 radical (unpaired) electrons. The van der Waals surface area contributed by atoms with Gasteiger partial charge in [-0.1, -0.05) is 22.8 Å². The minimum absolute atomic E-state index is 1.89. The molecule has 0 aliphatic carbocycles. The maximum Gasteiger partial charge on any atom is 0.468 e. The molecule has 0 heterocycles. The van der Waals surface area contributed by atoms with Crippen molar-refractivity contribution < 1.29 is 24.7 Å². The van der Waals surface area contributed by atoms with Crippen LogP contribution in [0.5, 0.6) is 0 Å². The van der Waals surface area contributed by atoms with Crippen molar-refractivity contribution in [2.75, 3.05) is 0 Å². The van der Waals surface area contributed by atoms with E-state index in [0.29, 0.717) is 0 Å². The van der Waals surface area contributed by atoms with Crippen LogP contribution in [0.2, 0.25) is 72.0 Å². The van der Waals surface area contributed by atoms with Crippen molar-refractivity contribution in [1.29, 1.82) is 0 Å². The van der Waals surface area contributed by atoms with Crippen molar-refractivity contribution in [2.24, 2.45) is 0 Å². The average molecular weight is 567 g/mol. The van der Waals surface area contributed by atoms with Crippen LogP contribution < -0.4 is 0 Å². The Morgan fingerprint density at radius 1 is 0.469 bits per heavy atom. The van der Waals surface area contributed by atoms with Gasteiger partial charge in [-0.2, -0.15) is 0 Å². The van der Waals surface area contributed by atoms with E-state index in [1.54, 1.807) is 0 Å². The first-order valence-electron chi connectivity index (χ1n) is 10.9. The van der Waals surface area contributed by atoms with Crippen LogP contribution in [0.25, 0.3) is 0 Å². The minimum atomic E-state index is -3.05. The van der Waals surface area contributed by atoms with E-state index in [-0.39, 0.29) is 0 Å². The van der Waals surface area contributed by atoms with E-state index in [0.717, 1.165) is 0 Å². The fourth-order valence-electron chi connectivity index (χ4n) is 2.84. The highest BCUT2D eigenvalue weighted by atomic mass is 28.5. The largest absolute Gasteiger partial charge is 0.468 e. The predicted molar refractivity (Wildman–Crippen MR) is 153 cm³/mol. The highest BCUT2D eigenvalue weighted by molar-refractivity contribution is 6.92. The summed E-state index contributed by atoms with van der Waals surface area (Å²) in [5.41, 5.74) is 7.56. The van der Waals surface area contributed by atoms with Crippen LogP contribution in [-0.4, -0.2) is 60.2 Å². The zero-order chi connectivity index (χ0) is 25.6. The first-order valence-corrected chi connectivity index (χ1v) is 29.4. The van der Waals surface area contributed by atoms with E-state index in [4.69, 9.17) is 24.7 Å². The zero-order valence-corrected chi connectivity index (χ0v) is 29.3. The average Bonchev–Trinajstić information content (AvgIpc) is 2.58. The second-order valence-corrected chi connectivity index (χ2v) is 34.4. The molecule has 13 heteroatoms. The van der Waals surface area contributed by atoms with Crippen LogP contribution in [0.3, 0.4) is 0 Å². The van der Waals surface area contributed by atoms with Crippen molar-refractivity contribution in [3.8, 4) is 0 Å². The Morgan fingerprint density at radius 3 is 0.812 bits per heavy atom. The third-order valence-electron chi connectivity index (χ3n) is 4.52. The summed E-state index contributed by atoms with van der Waals surface area (Å²) < 4.78 is 39.2. The molecular formula is C19H46O6Si7. The van der Waals surface area contributed by atoms with Crippen LogP contribution in [0.1, 0.15) is 0 Å². The van der Waals surface area contributed by atoms with Crippen LogP contribution in [0.4, 0.5) is 0 Å². The van der Waals surface area contributed by atoms with Gasteiger partial charge in [0.15, 0.2) is 0 Å². The Hall–Kier alpha value is 0.238. The van der Waals surface area contributed by atoms with Gasteiger partial charge in [0.1, 0.15) is 0 Å². The molecule has 0 aromatic carbocycles. The lowest BCUT2D eigenvalue weighted by Crippen LogP contribution is -2.61. The minimum Gasteiger partial charge on any atom is -0.413 e. The molecule has 0 aliphatic heterocycles. The third-order valence-corrected chi connectivity index (χ3v) is 28.9. The molecule has 0 saturated heterocycles. The Kier molecular flexibility index (Phi) is 11.9. The summed E-state index contributed by atoms with van der Waals surface area (Å²) in [6.07, 6.45) is 0. The topological polar surface area (TPSA) is 55.4 Å². The molecule has 0 rings (SSSR count). The van der Waals surface area contributed by atoms with Gasteiger partial charge in [-0.05, 0) is 58.9 Å². The van der Waals surface area contributed by atoms with E-state index in [1.165, 1.54) is 0 Å². The smallest absolute Gasteiger partial charge is 0.413 e. The Balaban J connectivity index is 5.93. The van der Waals surface area contributed by atoms with Gasteiger partial charge in [0, 0.05) is 13.1 Å². The first kappa shape index (κ1) is 32.2. The summed E-state index contributed by atoms with van der Waals surface area (Å²) in [4.78, 5) is 0. The highest BCUT2D eigenvalue weighted by Crippen LogP contribution is 2.27. The normalized spacial score (nSPS) is 14.4. The van der Waals surface area contributed by atoms with E-state index in [9.17, 15) is 0 Å². The summed E-state index contributed by atoms with van der Waals surface area (Å²) in [6.45, 7) is 38.3. The van der Waals surface area contributed by atoms with E-state index in [2.05, 4.69) is 78.7 Å². The van der Waals surface area contributed by atoms with Crippen molar-refractivity contribution in [1.82, 2.24) is 0 Å². The van der Waals surface area contributed by atoms with Gasteiger partial charge in [0.2, 0.25) is 33.3 Å². The van der Waals surface area contributed by atoms with E-state index < -0.39 is 60.2 Å². The van der Waals surface area contributed by atoms with Gasteiger partial charge in [-0.25, -0.2) is 0 Å². The Morgan fingerprint density at radius 2 is 0.656 bits per heavy atom. The molecule has 6 nitrogen and oxygen atoms in total. The monoisotopic (exact) mass is 566 g/mol. The number of hydrogen-bond donors (Lipinski definition) is 0. The van der Waals surface area contributed by atoms with Crippen LogP contribution >= 0.6 is 0 Å². The molecule has 0 spiro atoms. The third kappa shape index (κ3) is 12.1. The molecule has 0 N–H and O–H groups in total. The molecule has 0 amide bonds. The van der Waals surface area contributed by atoms with Gasteiger partial charge in [0.25, 0.3) is 0 Å². The van der Waals surface area contributed by atoms with Crippen LogP contribution in [-0.2, 0) is 24.7 Å². The summed E-state index contributed by atoms with van der Waals surface area (Å²) >= 11 is 0. The second kappa shape index (κ2) is 11.8. The summed E-state index contributed by atoms with van der Waals surface area (Å²) in [6, 6.07) is 0. The lowest BCUT2D eigenvalue weighted by atomic mass is 11.3. The van der Waals surface area contributed by atoms with Gasteiger partial charge in [-0.15, -0.1) is 26.3 Å². The first-order chi connectivity index (χ1) is 14.2. The van der Waals surface area contributed by atoms with Crippen molar-refractivity contribution in [2.45, 2.75) is 72.0 Å². The summed E-state index contributed by atoms with van der Waals surface area (Å²) in [5, 5.41) is 0. The fraction of sp³-hybridized carbons (Fsp3) is 0.579. The summed E-state index contributed by atoms with van der Waals surface area (Å²) in [5.74, 6) is 0. The van der Waals surface area contributed by atoms with Crippen molar-refractivity contribution in [3.05, 3.63) is 49.1 Å². The van der Waals surface area contributed by atoms with E-state index >= 15 is 0 Å². The number of rotatable bonds is 16. The lowest BCUT2D eigenvalue weighted by Gasteiger charge is -2.42. The molecule has 32 heavy (non-hydrogen) atoms. The molecule has 0 fully saturated rings. The standard InChI is InChI=1S/C19H46O6Si7/c1-16-27(6,7)22-31(14,23-28(8,9)17-2)20-26(5)21-32(15,24-29(10,11)18-3)25-30(12,13)19-4/h16-19,26H,1-4H2,5-15H3. The molecular weight excluding hydrogens is 521 g/mol. The zero-order valence-electron chi connectivity index (χ0n) is 22.2. The van der Waals surface area contributed by atoms with Crippen molar-refractivity contribution >= 4 is 60.2 Å². The highest BCUT2D eigenvalue weighted by Gasteiger charge is 2.49. The Labute approximate surface area is 205 Å². The molecule has 186 valence electrons. The van der Waals surface area contributed by atoms with E-state index in [1.807, 2.05) is 42.4 Å². The van der Waals surface area contributed by atoms with Gasteiger partial charge >= 0.3 is 26.9 Å². The maximum absolute atomic E-state index is 6.54. The summed E-state index contributed by atoms with van der Waals surface area (Å²) in [7, 11) is -17.1. The predicted octanol–water partition coefficient (Wildman–Crippen LogP) is 5.79. The fourth-order valence-corrected chi connectivity index (χ4v) is 28.5. The van der Waals surface area contributed by atoms with Gasteiger partial charge in [-0.3, -0.25) is 0 Å². The van der Waals surface area contributed by atoms with Crippen LogP contribution in [0.15, 0.2) is 49.1 Å². The molecule has 0 aromatic heterocycles. The van der Waals surface area contributed by atoms with Gasteiger partial charge < -0.3 is 24.7 Å². The lowest BCUT2D eigenvalue weighted by molar-refractivity contribution is 0.214. The second-order valence-electron chi connectivity index (χ2n) is 10.2. The molecule has 0 saturated carbocycles. The molecule has 0 atom stereocenters. The maximum atomic E-state index is 6.54. The SMILES string of the molecule is C=C[Si](C)(C)O[Si](C)(O[SiH](C)O[Si](C)(O[Si](C)(C)C=C)O[Si](C)(C)C=C)O[Si](C)(C)C=C. The molecule has 0 unspecified atom stereocenters. The quantitative estimate of drug-likeness (QED) is 0.220. The molecule has 0 aliphatic rings. The van der Waals surface area contributed by atoms with Gasteiger partial charge in [0.05, 0.1) is 0 Å². The molecule has 0 bridgehead atoms.